The van der Waals surface area contributed by atoms with Crippen LogP contribution in [-0.4, -0.2) is 23.7 Å². The zero-order chi connectivity index (χ0) is 14.8. The average molecular weight is 294 g/mol. The van der Waals surface area contributed by atoms with Gasteiger partial charge in [-0.05, 0) is 37.6 Å². The van der Waals surface area contributed by atoms with Gasteiger partial charge in [-0.15, -0.1) is 0 Å². The van der Waals surface area contributed by atoms with Crippen molar-refractivity contribution in [3.8, 4) is 0 Å². The Kier molecular flexibility index (Phi) is 7.70. The average Bonchev–Trinajstić information content (AvgIpc) is 2.44. The van der Waals surface area contributed by atoms with Crippen LogP contribution in [0.15, 0.2) is 30.3 Å². The Hall–Kier alpha value is -1.00. The molecule has 1 aromatic carbocycles. The molecule has 1 aromatic rings. The molecule has 0 aliphatic rings. The van der Waals surface area contributed by atoms with Gasteiger partial charge < -0.3 is 11.1 Å². The molecule has 0 spiro atoms. The molecule has 1 amide bonds. The van der Waals surface area contributed by atoms with Crippen molar-refractivity contribution < 1.29 is 4.79 Å². The Balaban J connectivity index is 2.16. The molecular weight excluding hydrogens is 268 g/mol. The molecule has 112 valence electrons. The number of primary amides is 1. The zero-order valence-corrected chi connectivity index (χ0v) is 13.3. The summed E-state index contributed by atoms with van der Waals surface area (Å²) in [5.74, 6) is 1.92. The molecule has 0 aliphatic heterocycles. The number of unbranched alkanes of at least 4 members (excludes halogenated alkanes) is 1. The largest absolute Gasteiger partial charge is 0.368 e. The van der Waals surface area contributed by atoms with Crippen molar-refractivity contribution in [1.29, 1.82) is 0 Å². The molecule has 0 aliphatic carbocycles. The highest BCUT2D eigenvalue weighted by Crippen LogP contribution is 2.17. The Morgan fingerprint density at radius 1 is 1.30 bits per heavy atom. The fraction of sp³-hybridized carbons (Fsp3) is 0.562. The molecule has 0 saturated carbocycles. The first-order chi connectivity index (χ1) is 9.58. The third-order valence-electron chi connectivity index (χ3n) is 3.44. The first-order valence-corrected chi connectivity index (χ1v) is 8.40. The molecule has 3 nitrogen and oxygen atoms in total. The van der Waals surface area contributed by atoms with Crippen LogP contribution in [-0.2, 0) is 10.5 Å². The van der Waals surface area contributed by atoms with Crippen LogP contribution in [0.1, 0.15) is 38.7 Å². The third kappa shape index (κ3) is 5.97. The van der Waals surface area contributed by atoms with Gasteiger partial charge in [-0.25, -0.2) is 0 Å². The topological polar surface area (TPSA) is 55.1 Å². The molecule has 0 fully saturated rings. The van der Waals surface area contributed by atoms with Gasteiger partial charge in [0.1, 0.15) is 0 Å². The van der Waals surface area contributed by atoms with E-state index in [9.17, 15) is 4.79 Å². The Labute approximate surface area is 126 Å². The van der Waals surface area contributed by atoms with Crippen LogP contribution in [0.3, 0.4) is 0 Å². The van der Waals surface area contributed by atoms with Gasteiger partial charge >= 0.3 is 0 Å². The predicted octanol–water partition coefficient (Wildman–Crippen LogP) is 2.94. The van der Waals surface area contributed by atoms with Crippen LogP contribution >= 0.6 is 11.8 Å². The Bertz CT molecular complexity index is 397. The van der Waals surface area contributed by atoms with E-state index in [1.54, 1.807) is 0 Å². The molecular formula is C16H26N2OS. The maximum Gasteiger partial charge on any atom is 0.237 e. The third-order valence-corrected chi connectivity index (χ3v) is 4.55. The summed E-state index contributed by atoms with van der Waals surface area (Å²) < 4.78 is 0. The lowest BCUT2D eigenvalue weighted by molar-refractivity contribution is -0.124. The molecule has 0 heterocycles. The van der Waals surface area contributed by atoms with Gasteiger partial charge in [0, 0.05) is 5.75 Å². The molecule has 3 N–H and O–H groups in total. The van der Waals surface area contributed by atoms with Crippen molar-refractivity contribution in [2.24, 2.45) is 5.73 Å². The van der Waals surface area contributed by atoms with Crippen molar-refractivity contribution in [2.45, 2.75) is 44.4 Å². The highest BCUT2D eigenvalue weighted by molar-refractivity contribution is 7.98. The number of hydrogen-bond donors (Lipinski definition) is 2. The van der Waals surface area contributed by atoms with Crippen LogP contribution in [0.2, 0.25) is 0 Å². The lowest BCUT2D eigenvalue weighted by Gasteiger charge is -2.26. The number of carbonyl (C=O) groups excluding carboxylic acids is 1. The normalized spacial score (nSPS) is 13.9. The number of hydrogen-bond acceptors (Lipinski definition) is 3. The number of nitrogens with one attached hydrogen (secondary N) is 1. The van der Waals surface area contributed by atoms with Crippen LogP contribution in [0.4, 0.5) is 0 Å². The van der Waals surface area contributed by atoms with E-state index in [-0.39, 0.29) is 5.91 Å². The van der Waals surface area contributed by atoms with E-state index in [2.05, 4.69) is 29.6 Å². The van der Waals surface area contributed by atoms with Gasteiger partial charge in [-0.2, -0.15) is 11.8 Å². The van der Waals surface area contributed by atoms with Gasteiger partial charge in [-0.1, -0.05) is 43.7 Å². The highest BCUT2D eigenvalue weighted by Gasteiger charge is 2.28. The van der Waals surface area contributed by atoms with Gasteiger partial charge in [0.05, 0.1) is 5.54 Å². The Morgan fingerprint density at radius 3 is 2.60 bits per heavy atom. The summed E-state index contributed by atoms with van der Waals surface area (Å²) in [5.41, 5.74) is 6.28. The van der Waals surface area contributed by atoms with Crippen LogP contribution in [0.5, 0.6) is 0 Å². The summed E-state index contributed by atoms with van der Waals surface area (Å²) in [5, 5.41) is 3.19. The summed E-state index contributed by atoms with van der Waals surface area (Å²) >= 11 is 1.94. The Morgan fingerprint density at radius 2 is 2.00 bits per heavy atom. The summed E-state index contributed by atoms with van der Waals surface area (Å²) in [7, 11) is 0. The molecule has 4 heteroatoms. The van der Waals surface area contributed by atoms with Gasteiger partial charge in [0.25, 0.3) is 0 Å². The van der Waals surface area contributed by atoms with E-state index in [4.69, 9.17) is 5.73 Å². The monoisotopic (exact) mass is 294 g/mol. The minimum atomic E-state index is -0.557. The lowest BCUT2D eigenvalue weighted by atomic mass is 9.94. The van der Waals surface area contributed by atoms with E-state index in [0.29, 0.717) is 0 Å². The minimum absolute atomic E-state index is 0.253. The number of benzene rings is 1. The smallest absolute Gasteiger partial charge is 0.237 e. The highest BCUT2D eigenvalue weighted by atomic mass is 32.2. The predicted molar refractivity (Wildman–Crippen MR) is 87.7 cm³/mol. The van der Waals surface area contributed by atoms with Crippen LogP contribution in [0, 0.1) is 0 Å². The van der Waals surface area contributed by atoms with Crippen molar-refractivity contribution in [1.82, 2.24) is 5.32 Å². The molecule has 0 aromatic heterocycles. The van der Waals surface area contributed by atoms with Gasteiger partial charge in [0.2, 0.25) is 5.91 Å². The second-order valence-electron chi connectivity index (χ2n) is 5.22. The minimum Gasteiger partial charge on any atom is -0.368 e. The first kappa shape index (κ1) is 17.1. The molecule has 1 rings (SSSR count). The second kappa shape index (κ2) is 9.03. The fourth-order valence-corrected chi connectivity index (χ4v) is 3.12. The van der Waals surface area contributed by atoms with E-state index < -0.39 is 5.54 Å². The second-order valence-corrected chi connectivity index (χ2v) is 6.33. The van der Waals surface area contributed by atoms with E-state index >= 15 is 0 Å². The van der Waals surface area contributed by atoms with Crippen LogP contribution < -0.4 is 11.1 Å². The first-order valence-electron chi connectivity index (χ1n) is 7.25. The maximum absolute atomic E-state index is 11.5. The van der Waals surface area contributed by atoms with Crippen molar-refractivity contribution >= 4 is 17.7 Å². The van der Waals surface area contributed by atoms with Gasteiger partial charge in [-0.3, -0.25) is 4.79 Å². The van der Waals surface area contributed by atoms with Crippen molar-refractivity contribution in [3.05, 3.63) is 35.9 Å². The molecule has 1 atom stereocenters. The maximum atomic E-state index is 11.5. The summed E-state index contributed by atoms with van der Waals surface area (Å²) in [4.78, 5) is 11.5. The number of thioether (sulfide) groups is 1. The molecule has 0 saturated heterocycles. The van der Waals surface area contributed by atoms with Crippen molar-refractivity contribution in [3.63, 3.8) is 0 Å². The lowest BCUT2D eigenvalue weighted by Crippen LogP contribution is -2.52. The standard InChI is InChI=1S/C16H26N2OS/c1-3-18-16(2,15(17)19)11-7-8-12-20-13-14-9-5-4-6-10-14/h4-6,9-10,18H,3,7-8,11-13H2,1-2H3,(H2,17,19). The number of amides is 1. The quantitative estimate of drug-likeness (QED) is 0.652. The molecule has 0 radical (unpaired) electrons. The number of carbonyl (C=O) groups is 1. The number of rotatable bonds is 10. The van der Waals surface area contributed by atoms with Gasteiger partial charge in [0.15, 0.2) is 0 Å². The molecule has 1 unspecified atom stereocenters. The van der Waals surface area contributed by atoms with Crippen molar-refractivity contribution in [2.75, 3.05) is 12.3 Å². The SMILES string of the molecule is CCNC(C)(CCCCSCc1ccccc1)C(N)=O. The van der Waals surface area contributed by atoms with E-state index in [1.807, 2.05) is 31.7 Å². The summed E-state index contributed by atoms with van der Waals surface area (Å²) in [6, 6.07) is 10.5. The molecule has 20 heavy (non-hydrogen) atoms. The molecule has 0 bridgehead atoms. The van der Waals surface area contributed by atoms with E-state index in [1.165, 1.54) is 5.56 Å². The fourth-order valence-electron chi connectivity index (χ4n) is 2.14. The zero-order valence-electron chi connectivity index (χ0n) is 12.5. The summed E-state index contributed by atoms with van der Waals surface area (Å²) in [6.45, 7) is 4.66. The van der Waals surface area contributed by atoms with E-state index in [0.717, 1.165) is 37.3 Å². The van der Waals surface area contributed by atoms with Crippen LogP contribution in [0.25, 0.3) is 0 Å². The number of likely N-dealkylation sites (N-methyl/N-ethyl adjacent to an activating group) is 1. The summed E-state index contributed by atoms with van der Waals surface area (Å²) in [6.07, 6.45) is 2.95. The number of nitrogens with two attached hydrogens (primary N) is 1.